The lowest BCUT2D eigenvalue weighted by molar-refractivity contribution is 0.872. The molecule has 1 heterocycles. The summed E-state index contributed by atoms with van der Waals surface area (Å²) in [7, 11) is 0. The fourth-order valence-corrected chi connectivity index (χ4v) is 1.65. The summed E-state index contributed by atoms with van der Waals surface area (Å²) in [6.07, 6.45) is 0. The lowest BCUT2D eigenvalue weighted by Crippen LogP contribution is -2.02. The maximum atomic E-state index is 8.82. The van der Waals surface area contributed by atoms with Gasteiger partial charge in [-0.2, -0.15) is 10.4 Å². The number of rotatable bonds is 1. The molecule has 2 N–H and O–H groups in total. The van der Waals surface area contributed by atoms with Crippen molar-refractivity contribution >= 4 is 17.4 Å². The highest BCUT2D eigenvalue weighted by Gasteiger charge is 2.09. The number of hydrogen-bond acceptors (Lipinski definition) is 3. The van der Waals surface area contributed by atoms with Crippen LogP contribution in [0.4, 0.5) is 5.82 Å². The molecular formula is C11H9ClN4. The van der Waals surface area contributed by atoms with Crippen LogP contribution >= 0.6 is 11.6 Å². The van der Waals surface area contributed by atoms with Gasteiger partial charge in [-0.05, 0) is 25.1 Å². The Balaban J connectivity index is 2.64. The van der Waals surface area contributed by atoms with Crippen LogP contribution in [0.15, 0.2) is 24.3 Å². The van der Waals surface area contributed by atoms with Gasteiger partial charge in [-0.25, -0.2) is 4.68 Å². The zero-order chi connectivity index (χ0) is 11.7. The molecular weight excluding hydrogens is 224 g/mol. The highest BCUT2D eigenvalue weighted by atomic mass is 35.5. The lowest BCUT2D eigenvalue weighted by Gasteiger charge is -2.06. The van der Waals surface area contributed by atoms with Gasteiger partial charge in [0.2, 0.25) is 0 Å². The van der Waals surface area contributed by atoms with Gasteiger partial charge in [-0.1, -0.05) is 11.6 Å². The fourth-order valence-electron chi connectivity index (χ4n) is 1.46. The van der Waals surface area contributed by atoms with Crippen molar-refractivity contribution in [2.24, 2.45) is 0 Å². The topological polar surface area (TPSA) is 67.6 Å². The lowest BCUT2D eigenvalue weighted by atomic mass is 10.2. The number of halogens is 1. The highest BCUT2D eigenvalue weighted by Crippen LogP contribution is 2.23. The smallest absolute Gasteiger partial charge is 0.127 e. The van der Waals surface area contributed by atoms with Gasteiger partial charge < -0.3 is 5.73 Å². The van der Waals surface area contributed by atoms with Gasteiger partial charge in [0, 0.05) is 6.07 Å². The molecule has 0 amide bonds. The third-order valence-corrected chi connectivity index (χ3v) is 2.48. The summed E-state index contributed by atoms with van der Waals surface area (Å²) in [6, 6.07) is 8.76. The molecule has 16 heavy (non-hydrogen) atoms. The molecule has 4 nitrogen and oxygen atoms in total. The Labute approximate surface area is 97.9 Å². The summed E-state index contributed by atoms with van der Waals surface area (Å²) in [4.78, 5) is 0. The van der Waals surface area contributed by atoms with E-state index in [0.717, 1.165) is 5.69 Å². The van der Waals surface area contributed by atoms with Crippen molar-refractivity contribution in [2.45, 2.75) is 6.92 Å². The first kappa shape index (κ1) is 10.5. The van der Waals surface area contributed by atoms with Crippen LogP contribution in [-0.2, 0) is 0 Å². The largest absolute Gasteiger partial charge is 0.384 e. The van der Waals surface area contributed by atoms with Gasteiger partial charge in [-0.3, -0.25) is 0 Å². The van der Waals surface area contributed by atoms with Crippen LogP contribution in [0.25, 0.3) is 5.69 Å². The van der Waals surface area contributed by atoms with E-state index in [2.05, 4.69) is 11.2 Å². The minimum atomic E-state index is 0.495. The molecule has 0 spiro atoms. The molecule has 80 valence electrons. The molecule has 5 heteroatoms. The van der Waals surface area contributed by atoms with Gasteiger partial charge in [0.1, 0.15) is 5.82 Å². The zero-order valence-electron chi connectivity index (χ0n) is 8.61. The molecule has 0 radical (unpaired) electrons. The van der Waals surface area contributed by atoms with Crippen molar-refractivity contribution in [1.82, 2.24) is 9.78 Å². The second kappa shape index (κ2) is 3.87. The van der Waals surface area contributed by atoms with E-state index in [9.17, 15) is 0 Å². The quantitative estimate of drug-likeness (QED) is 0.820. The normalized spacial score (nSPS) is 10.1. The average molecular weight is 233 g/mol. The number of nitrogens with two attached hydrogens (primary N) is 1. The van der Waals surface area contributed by atoms with E-state index in [1.54, 1.807) is 24.3 Å². The van der Waals surface area contributed by atoms with E-state index < -0.39 is 0 Å². The molecule has 1 aromatic heterocycles. The molecule has 2 aromatic rings. The van der Waals surface area contributed by atoms with Crippen molar-refractivity contribution in [1.29, 1.82) is 5.26 Å². The Morgan fingerprint density at radius 3 is 2.75 bits per heavy atom. The van der Waals surface area contributed by atoms with Crippen LogP contribution in [0, 0.1) is 18.3 Å². The highest BCUT2D eigenvalue weighted by molar-refractivity contribution is 6.32. The first-order valence-electron chi connectivity index (χ1n) is 4.64. The number of nitrogen functional groups attached to an aromatic ring is 1. The van der Waals surface area contributed by atoms with E-state index >= 15 is 0 Å². The predicted octanol–water partition coefficient (Wildman–Crippen LogP) is 2.29. The van der Waals surface area contributed by atoms with E-state index in [0.29, 0.717) is 22.1 Å². The second-order valence-electron chi connectivity index (χ2n) is 3.40. The van der Waals surface area contributed by atoms with E-state index in [-0.39, 0.29) is 0 Å². The van der Waals surface area contributed by atoms with Crippen molar-refractivity contribution in [3.63, 3.8) is 0 Å². The number of aromatic nitrogens is 2. The van der Waals surface area contributed by atoms with Crippen molar-refractivity contribution in [3.8, 4) is 11.8 Å². The van der Waals surface area contributed by atoms with E-state index in [1.807, 2.05) is 6.92 Å². The first-order chi connectivity index (χ1) is 7.61. The first-order valence-corrected chi connectivity index (χ1v) is 5.02. The molecule has 0 aliphatic rings. The minimum absolute atomic E-state index is 0.495. The molecule has 0 saturated carbocycles. The Morgan fingerprint density at radius 1 is 1.44 bits per heavy atom. The standard InChI is InChI=1S/C11H9ClN4/c1-7-4-11(14)16(15-7)10-5-8(6-13)2-3-9(10)12/h2-5H,14H2,1H3. The van der Waals surface area contributed by atoms with Crippen LogP contribution in [0.1, 0.15) is 11.3 Å². The Bertz CT molecular complexity index is 580. The summed E-state index contributed by atoms with van der Waals surface area (Å²) in [6.45, 7) is 1.84. The van der Waals surface area contributed by atoms with E-state index in [1.165, 1.54) is 4.68 Å². The van der Waals surface area contributed by atoms with Crippen molar-refractivity contribution < 1.29 is 0 Å². The molecule has 0 aliphatic carbocycles. The molecule has 0 saturated heterocycles. The second-order valence-corrected chi connectivity index (χ2v) is 3.81. The monoisotopic (exact) mass is 232 g/mol. The van der Waals surface area contributed by atoms with Gasteiger partial charge >= 0.3 is 0 Å². The SMILES string of the molecule is Cc1cc(N)n(-c2cc(C#N)ccc2Cl)n1. The van der Waals surface area contributed by atoms with Crippen LogP contribution in [-0.4, -0.2) is 9.78 Å². The summed E-state index contributed by atoms with van der Waals surface area (Å²) in [5, 5.41) is 13.5. The maximum Gasteiger partial charge on any atom is 0.127 e. The predicted molar refractivity (Wildman–Crippen MR) is 62.4 cm³/mol. The Morgan fingerprint density at radius 2 is 2.19 bits per heavy atom. The number of hydrogen-bond donors (Lipinski definition) is 1. The average Bonchev–Trinajstić information content (AvgIpc) is 2.58. The van der Waals surface area contributed by atoms with Crippen molar-refractivity contribution in [3.05, 3.63) is 40.5 Å². The van der Waals surface area contributed by atoms with Crippen molar-refractivity contribution in [2.75, 3.05) is 5.73 Å². The maximum absolute atomic E-state index is 8.82. The molecule has 0 aliphatic heterocycles. The number of aryl methyl sites for hydroxylation is 1. The number of benzene rings is 1. The summed E-state index contributed by atoms with van der Waals surface area (Å²) in [5.41, 5.74) is 7.73. The minimum Gasteiger partial charge on any atom is -0.384 e. The zero-order valence-corrected chi connectivity index (χ0v) is 9.36. The third kappa shape index (κ3) is 1.73. The fraction of sp³-hybridized carbons (Fsp3) is 0.0909. The van der Waals surface area contributed by atoms with Gasteiger partial charge in [0.05, 0.1) is 28.0 Å². The molecule has 0 bridgehead atoms. The van der Waals surface area contributed by atoms with Crippen LogP contribution in [0.2, 0.25) is 5.02 Å². The Kier molecular flexibility index (Phi) is 2.55. The molecule has 0 unspecified atom stereocenters. The van der Waals surface area contributed by atoms with E-state index in [4.69, 9.17) is 22.6 Å². The Hall–Kier alpha value is -1.99. The molecule has 0 atom stereocenters. The van der Waals surface area contributed by atoms with Gasteiger partial charge in [0.25, 0.3) is 0 Å². The van der Waals surface area contributed by atoms with Crippen LogP contribution in [0.5, 0.6) is 0 Å². The number of nitriles is 1. The van der Waals surface area contributed by atoms with Gasteiger partial charge in [0.15, 0.2) is 0 Å². The molecule has 0 fully saturated rings. The van der Waals surface area contributed by atoms with Crippen LogP contribution < -0.4 is 5.73 Å². The van der Waals surface area contributed by atoms with Crippen LogP contribution in [0.3, 0.4) is 0 Å². The third-order valence-electron chi connectivity index (χ3n) is 2.16. The summed E-state index contributed by atoms with van der Waals surface area (Å²) in [5.74, 6) is 0.495. The molecule has 1 aromatic carbocycles. The summed E-state index contributed by atoms with van der Waals surface area (Å²) < 4.78 is 1.53. The summed E-state index contributed by atoms with van der Waals surface area (Å²) >= 11 is 6.04. The van der Waals surface area contributed by atoms with Gasteiger partial charge in [-0.15, -0.1) is 0 Å². The number of nitrogens with zero attached hydrogens (tertiary/aromatic N) is 3. The molecule has 2 rings (SSSR count). The number of anilines is 1.